The van der Waals surface area contributed by atoms with Crippen LogP contribution >= 0.6 is 0 Å². The maximum Gasteiger partial charge on any atom is 0.319 e. The Morgan fingerprint density at radius 3 is 2.19 bits per heavy atom. The van der Waals surface area contributed by atoms with Crippen LogP contribution in [0.2, 0.25) is 0 Å². The Bertz CT molecular complexity index is 581. The highest BCUT2D eigenvalue weighted by molar-refractivity contribution is 5.89. The number of carbonyl (C=O) groups excluding carboxylic acids is 1. The van der Waals surface area contributed by atoms with Crippen molar-refractivity contribution in [1.29, 1.82) is 0 Å². The van der Waals surface area contributed by atoms with Crippen molar-refractivity contribution in [3.05, 3.63) is 66.0 Å². The van der Waals surface area contributed by atoms with Crippen molar-refractivity contribution in [2.45, 2.75) is 19.9 Å². The molecule has 0 aliphatic carbocycles. The van der Waals surface area contributed by atoms with Crippen LogP contribution in [-0.2, 0) is 0 Å². The fourth-order valence-corrected chi connectivity index (χ4v) is 2.13. The highest BCUT2D eigenvalue weighted by Gasteiger charge is 2.18. The molecule has 0 fully saturated rings. The molecule has 3 nitrogen and oxygen atoms in total. The van der Waals surface area contributed by atoms with E-state index in [4.69, 9.17) is 0 Å². The Morgan fingerprint density at radius 1 is 1.00 bits per heavy atom. The fourth-order valence-electron chi connectivity index (χ4n) is 2.13. The summed E-state index contributed by atoms with van der Waals surface area (Å²) in [5, 5.41) is 5.71. The third-order valence-electron chi connectivity index (χ3n) is 3.21. The molecular weight excluding hydrogens is 267 g/mol. The Kier molecular flexibility index (Phi) is 4.93. The van der Waals surface area contributed by atoms with Crippen LogP contribution in [0.4, 0.5) is 14.9 Å². The number of urea groups is 1. The number of benzene rings is 2. The molecule has 0 bridgehead atoms. The summed E-state index contributed by atoms with van der Waals surface area (Å²) in [7, 11) is 0. The van der Waals surface area contributed by atoms with E-state index in [1.807, 2.05) is 44.2 Å². The average molecular weight is 286 g/mol. The van der Waals surface area contributed by atoms with Crippen LogP contribution in [0.5, 0.6) is 0 Å². The highest BCUT2D eigenvalue weighted by atomic mass is 19.1. The Balaban J connectivity index is 2.06. The SMILES string of the molecule is CC(C)[C@H](NC(=O)Nc1ccccc1)c1ccc(F)cc1. The standard InChI is InChI=1S/C17H19FN2O/c1-12(2)16(13-8-10-14(18)11-9-13)20-17(21)19-15-6-4-3-5-7-15/h3-12,16H,1-2H3,(H2,19,20,21)/t16-/m0/s1. The van der Waals surface area contributed by atoms with Gasteiger partial charge in [-0.2, -0.15) is 0 Å². The molecule has 0 radical (unpaired) electrons. The number of halogens is 1. The van der Waals surface area contributed by atoms with E-state index in [1.54, 1.807) is 12.1 Å². The molecule has 4 heteroatoms. The monoisotopic (exact) mass is 286 g/mol. The van der Waals surface area contributed by atoms with Crippen LogP contribution < -0.4 is 10.6 Å². The van der Waals surface area contributed by atoms with Gasteiger partial charge in [-0.25, -0.2) is 9.18 Å². The molecule has 2 N–H and O–H groups in total. The van der Waals surface area contributed by atoms with Crippen molar-refractivity contribution in [2.75, 3.05) is 5.32 Å². The van der Waals surface area contributed by atoms with E-state index in [1.165, 1.54) is 12.1 Å². The minimum absolute atomic E-state index is 0.172. The topological polar surface area (TPSA) is 41.1 Å². The van der Waals surface area contributed by atoms with Gasteiger partial charge in [-0.3, -0.25) is 0 Å². The molecule has 2 aromatic rings. The van der Waals surface area contributed by atoms with Crippen molar-refractivity contribution in [1.82, 2.24) is 5.32 Å². The summed E-state index contributed by atoms with van der Waals surface area (Å²) < 4.78 is 13.0. The lowest BCUT2D eigenvalue weighted by molar-refractivity contribution is 0.244. The number of carbonyl (C=O) groups is 1. The molecule has 21 heavy (non-hydrogen) atoms. The first-order valence-corrected chi connectivity index (χ1v) is 6.94. The zero-order valence-corrected chi connectivity index (χ0v) is 12.1. The molecule has 0 saturated carbocycles. The van der Waals surface area contributed by atoms with Gasteiger partial charge in [-0.05, 0) is 35.7 Å². The first-order chi connectivity index (χ1) is 10.1. The maximum absolute atomic E-state index is 13.0. The predicted octanol–water partition coefficient (Wildman–Crippen LogP) is 4.34. The van der Waals surface area contributed by atoms with Gasteiger partial charge < -0.3 is 10.6 Å². The summed E-state index contributed by atoms with van der Waals surface area (Å²) in [6, 6.07) is 15.0. The first kappa shape index (κ1) is 15.0. The third-order valence-corrected chi connectivity index (χ3v) is 3.21. The normalized spacial score (nSPS) is 12.0. The molecule has 0 aliphatic rings. The van der Waals surface area contributed by atoms with Gasteiger partial charge in [0.2, 0.25) is 0 Å². The second-order valence-electron chi connectivity index (χ2n) is 5.24. The molecule has 0 aliphatic heterocycles. The first-order valence-electron chi connectivity index (χ1n) is 6.94. The van der Waals surface area contributed by atoms with Crippen LogP contribution in [0.25, 0.3) is 0 Å². The minimum Gasteiger partial charge on any atom is -0.331 e. The van der Waals surface area contributed by atoms with Gasteiger partial charge in [0.15, 0.2) is 0 Å². The average Bonchev–Trinajstić information content (AvgIpc) is 2.47. The number of rotatable bonds is 4. The van der Waals surface area contributed by atoms with E-state index in [0.29, 0.717) is 0 Å². The van der Waals surface area contributed by atoms with Crippen molar-refractivity contribution < 1.29 is 9.18 Å². The molecular formula is C17H19FN2O. The van der Waals surface area contributed by atoms with Gasteiger partial charge in [-0.15, -0.1) is 0 Å². The lowest BCUT2D eigenvalue weighted by Crippen LogP contribution is -2.35. The Labute approximate surface area is 124 Å². The van der Waals surface area contributed by atoms with Crippen LogP contribution in [0.15, 0.2) is 54.6 Å². The molecule has 2 aromatic carbocycles. The van der Waals surface area contributed by atoms with E-state index in [2.05, 4.69) is 10.6 Å². The summed E-state index contributed by atoms with van der Waals surface area (Å²) in [6.07, 6.45) is 0. The summed E-state index contributed by atoms with van der Waals surface area (Å²) in [4.78, 5) is 12.1. The molecule has 110 valence electrons. The highest BCUT2D eigenvalue weighted by Crippen LogP contribution is 2.22. The van der Waals surface area contributed by atoms with Crippen molar-refractivity contribution in [3.8, 4) is 0 Å². The zero-order valence-electron chi connectivity index (χ0n) is 12.1. The van der Waals surface area contributed by atoms with E-state index in [0.717, 1.165) is 11.3 Å². The van der Waals surface area contributed by atoms with E-state index in [9.17, 15) is 9.18 Å². The van der Waals surface area contributed by atoms with Crippen LogP contribution in [0.3, 0.4) is 0 Å². The number of hydrogen-bond donors (Lipinski definition) is 2. The van der Waals surface area contributed by atoms with Gasteiger partial charge in [0.25, 0.3) is 0 Å². The Hall–Kier alpha value is -2.36. The minimum atomic E-state index is -0.282. The molecule has 0 spiro atoms. The third kappa shape index (κ3) is 4.31. The van der Waals surface area contributed by atoms with Gasteiger partial charge in [0.1, 0.15) is 5.82 Å². The molecule has 0 aromatic heterocycles. The molecule has 0 heterocycles. The van der Waals surface area contributed by atoms with Crippen molar-refractivity contribution >= 4 is 11.7 Å². The van der Waals surface area contributed by atoms with Gasteiger partial charge in [-0.1, -0.05) is 44.2 Å². The summed E-state index contributed by atoms with van der Waals surface area (Å²) in [5.41, 5.74) is 1.62. The molecule has 0 unspecified atom stereocenters. The van der Waals surface area contributed by atoms with Crippen LogP contribution in [0.1, 0.15) is 25.5 Å². The number of hydrogen-bond acceptors (Lipinski definition) is 1. The molecule has 1 atom stereocenters. The molecule has 2 amide bonds. The van der Waals surface area contributed by atoms with Gasteiger partial charge in [0, 0.05) is 5.69 Å². The van der Waals surface area contributed by atoms with Crippen LogP contribution in [0, 0.1) is 11.7 Å². The predicted molar refractivity (Wildman–Crippen MR) is 82.6 cm³/mol. The zero-order chi connectivity index (χ0) is 15.2. The number of nitrogens with one attached hydrogen (secondary N) is 2. The Morgan fingerprint density at radius 2 is 1.62 bits per heavy atom. The fraction of sp³-hybridized carbons (Fsp3) is 0.235. The van der Waals surface area contributed by atoms with E-state index < -0.39 is 0 Å². The molecule has 2 rings (SSSR count). The lowest BCUT2D eigenvalue weighted by atomic mass is 9.96. The number of anilines is 1. The summed E-state index contributed by atoms with van der Waals surface area (Å²) >= 11 is 0. The second kappa shape index (κ2) is 6.88. The molecule has 0 saturated heterocycles. The smallest absolute Gasteiger partial charge is 0.319 e. The van der Waals surface area contributed by atoms with E-state index in [-0.39, 0.29) is 23.8 Å². The van der Waals surface area contributed by atoms with Crippen molar-refractivity contribution in [3.63, 3.8) is 0 Å². The quantitative estimate of drug-likeness (QED) is 0.862. The van der Waals surface area contributed by atoms with Gasteiger partial charge >= 0.3 is 6.03 Å². The maximum atomic E-state index is 13.0. The van der Waals surface area contributed by atoms with Crippen LogP contribution in [-0.4, -0.2) is 6.03 Å². The van der Waals surface area contributed by atoms with E-state index >= 15 is 0 Å². The lowest BCUT2D eigenvalue weighted by Gasteiger charge is -2.23. The summed E-state index contributed by atoms with van der Waals surface area (Å²) in [6.45, 7) is 4.02. The number of amides is 2. The second-order valence-corrected chi connectivity index (χ2v) is 5.24. The van der Waals surface area contributed by atoms with Gasteiger partial charge in [0.05, 0.1) is 6.04 Å². The van der Waals surface area contributed by atoms with Crippen molar-refractivity contribution in [2.24, 2.45) is 5.92 Å². The summed E-state index contributed by atoms with van der Waals surface area (Å²) in [5.74, 6) is -0.0908. The number of para-hydroxylation sites is 1. The largest absolute Gasteiger partial charge is 0.331 e.